The minimum absolute atomic E-state index is 0.188. The Morgan fingerprint density at radius 2 is 1.38 bits per heavy atom. The molecule has 0 aliphatic carbocycles. The van der Waals surface area contributed by atoms with Crippen LogP contribution in [0.2, 0.25) is 0 Å². The highest BCUT2D eigenvalue weighted by Crippen LogP contribution is 2.29. The summed E-state index contributed by atoms with van der Waals surface area (Å²) in [5, 5.41) is 3.58. The second-order valence-corrected chi connectivity index (χ2v) is 7.51. The first kappa shape index (κ1) is 20.9. The second kappa shape index (κ2) is 10.7. The minimum Gasteiger partial charge on any atom is -0.497 e. The van der Waals surface area contributed by atoms with Crippen molar-refractivity contribution in [2.75, 3.05) is 13.7 Å². The molecule has 3 rings (SSSR count). The van der Waals surface area contributed by atoms with E-state index in [1.165, 1.54) is 16.7 Å². The molecule has 0 amide bonds. The Hall–Kier alpha value is -2.78. The minimum atomic E-state index is 0.188. The lowest BCUT2D eigenvalue weighted by molar-refractivity contribution is 0.242. The standard InChI is InChI=1S/C26H31NO2/c1-20(2)29-25-15-11-23(12-16-25)26(22-7-5-4-6-8-22)17-18-27-19-21-9-13-24(28-3)14-10-21/h4-16,20,26-27H,17-19H2,1-3H3. The van der Waals surface area contributed by atoms with Crippen LogP contribution in [0.3, 0.4) is 0 Å². The quantitative estimate of drug-likeness (QED) is 0.445. The average molecular weight is 390 g/mol. The zero-order valence-corrected chi connectivity index (χ0v) is 17.6. The molecule has 29 heavy (non-hydrogen) atoms. The first-order chi connectivity index (χ1) is 14.2. The Labute approximate surface area is 174 Å². The molecular weight excluding hydrogens is 358 g/mol. The highest BCUT2D eigenvalue weighted by molar-refractivity contribution is 5.36. The van der Waals surface area contributed by atoms with Crippen LogP contribution < -0.4 is 14.8 Å². The maximum absolute atomic E-state index is 5.80. The van der Waals surface area contributed by atoms with Gasteiger partial charge in [-0.1, -0.05) is 54.6 Å². The molecule has 0 aliphatic rings. The molecule has 0 bridgehead atoms. The molecule has 0 radical (unpaired) electrons. The largest absolute Gasteiger partial charge is 0.497 e. The Morgan fingerprint density at radius 3 is 2.00 bits per heavy atom. The van der Waals surface area contributed by atoms with E-state index in [9.17, 15) is 0 Å². The van der Waals surface area contributed by atoms with Gasteiger partial charge < -0.3 is 14.8 Å². The van der Waals surface area contributed by atoms with Crippen LogP contribution in [-0.2, 0) is 6.54 Å². The van der Waals surface area contributed by atoms with E-state index in [0.717, 1.165) is 31.0 Å². The normalized spacial score (nSPS) is 12.0. The summed E-state index contributed by atoms with van der Waals surface area (Å²) < 4.78 is 11.0. The first-order valence-electron chi connectivity index (χ1n) is 10.3. The number of benzene rings is 3. The summed E-state index contributed by atoms with van der Waals surface area (Å²) in [5.74, 6) is 2.17. The molecule has 1 N–H and O–H groups in total. The van der Waals surface area contributed by atoms with E-state index in [1.807, 2.05) is 12.1 Å². The molecule has 0 fully saturated rings. The van der Waals surface area contributed by atoms with Crippen LogP contribution in [0.4, 0.5) is 0 Å². The van der Waals surface area contributed by atoms with Crippen LogP contribution in [-0.4, -0.2) is 19.8 Å². The monoisotopic (exact) mass is 389 g/mol. The van der Waals surface area contributed by atoms with Gasteiger partial charge in [-0.25, -0.2) is 0 Å². The van der Waals surface area contributed by atoms with E-state index in [1.54, 1.807) is 7.11 Å². The summed E-state index contributed by atoms with van der Waals surface area (Å²) in [6, 6.07) is 27.5. The number of hydrogen-bond acceptors (Lipinski definition) is 3. The third-order valence-corrected chi connectivity index (χ3v) is 4.95. The van der Waals surface area contributed by atoms with E-state index < -0.39 is 0 Å². The number of nitrogens with one attached hydrogen (secondary N) is 1. The van der Waals surface area contributed by atoms with Gasteiger partial charge in [0.1, 0.15) is 11.5 Å². The van der Waals surface area contributed by atoms with E-state index in [4.69, 9.17) is 9.47 Å². The highest BCUT2D eigenvalue weighted by Gasteiger charge is 2.14. The Balaban J connectivity index is 1.63. The molecule has 0 saturated heterocycles. The summed E-state index contributed by atoms with van der Waals surface area (Å²) in [4.78, 5) is 0. The van der Waals surface area contributed by atoms with Crippen molar-refractivity contribution in [1.29, 1.82) is 0 Å². The van der Waals surface area contributed by atoms with Gasteiger partial charge in [0.25, 0.3) is 0 Å². The molecule has 0 heterocycles. The van der Waals surface area contributed by atoms with E-state index in [-0.39, 0.29) is 6.10 Å². The first-order valence-corrected chi connectivity index (χ1v) is 10.3. The maximum atomic E-state index is 5.80. The third kappa shape index (κ3) is 6.37. The smallest absolute Gasteiger partial charge is 0.119 e. The van der Waals surface area contributed by atoms with Crippen LogP contribution in [0.15, 0.2) is 78.9 Å². The molecule has 0 spiro atoms. The molecule has 3 heteroatoms. The van der Waals surface area contributed by atoms with Crippen molar-refractivity contribution < 1.29 is 9.47 Å². The van der Waals surface area contributed by atoms with Crippen LogP contribution in [0.25, 0.3) is 0 Å². The van der Waals surface area contributed by atoms with Gasteiger partial charge in [0.2, 0.25) is 0 Å². The lowest BCUT2D eigenvalue weighted by Gasteiger charge is -2.19. The molecule has 0 aromatic heterocycles. The highest BCUT2D eigenvalue weighted by atomic mass is 16.5. The molecular formula is C26H31NO2. The molecule has 0 aliphatic heterocycles. The Morgan fingerprint density at radius 1 is 0.759 bits per heavy atom. The summed E-state index contributed by atoms with van der Waals surface area (Å²) >= 11 is 0. The zero-order chi connectivity index (χ0) is 20.5. The van der Waals surface area contributed by atoms with Gasteiger partial charge in [0, 0.05) is 12.5 Å². The van der Waals surface area contributed by atoms with E-state index >= 15 is 0 Å². The van der Waals surface area contributed by atoms with E-state index in [0.29, 0.717) is 5.92 Å². The van der Waals surface area contributed by atoms with Gasteiger partial charge in [-0.2, -0.15) is 0 Å². The van der Waals surface area contributed by atoms with Gasteiger partial charge in [0.15, 0.2) is 0 Å². The van der Waals surface area contributed by atoms with Crippen molar-refractivity contribution in [1.82, 2.24) is 5.32 Å². The predicted octanol–water partition coefficient (Wildman–Crippen LogP) is 5.79. The summed E-state index contributed by atoms with van der Waals surface area (Å²) in [7, 11) is 1.69. The van der Waals surface area contributed by atoms with Crippen molar-refractivity contribution in [3.05, 3.63) is 95.6 Å². The second-order valence-electron chi connectivity index (χ2n) is 7.51. The zero-order valence-electron chi connectivity index (χ0n) is 17.6. The van der Waals surface area contributed by atoms with Crippen LogP contribution in [0, 0.1) is 0 Å². The van der Waals surface area contributed by atoms with E-state index in [2.05, 4.69) is 85.9 Å². The predicted molar refractivity (Wildman–Crippen MR) is 120 cm³/mol. The molecule has 1 atom stereocenters. The van der Waals surface area contributed by atoms with Crippen molar-refractivity contribution >= 4 is 0 Å². The fraction of sp³-hybridized carbons (Fsp3) is 0.308. The number of ether oxygens (including phenoxy) is 2. The topological polar surface area (TPSA) is 30.5 Å². The van der Waals surface area contributed by atoms with Gasteiger partial charge >= 0.3 is 0 Å². The number of rotatable bonds is 10. The molecule has 3 nitrogen and oxygen atoms in total. The van der Waals surface area contributed by atoms with Gasteiger partial charge in [-0.05, 0) is 67.8 Å². The Kier molecular flexibility index (Phi) is 7.71. The number of methoxy groups -OCH3 is 1. The van der Waals surface area contributed by atoms with Crippen molar-refractivity contribution in [2.24, 2.45) is 0 Å². The van der Waals surface area contributed by atoms with Crippen LogP contribution in [0.5, 0.6) is 11.5 Å². The molecule has 3 aromatic carbocycles. The molecule has 1 unspecified atom stereocenters. The Bertz CT molecular complexity index is 842. The van der Waals surface area contributed by atoms with Crippen molar-refractivity contribution in [2.45, 2.75) is 38.8 Å². The lowest BCUT2D eigenvalue weighted by atomic mass is 9.88. The fourth-order valence-corrected chi connectivity index (χ4v) is 3.48. The summed E-state index contributed by atoms with van der Waals surface area (Å²) in [6.45, 7) is 5.90. The molecule has 0 saturated carbocycles. The average Bonchev–Trinajstić information content (AvgIpc) is 2.75. The number of hydrogen-bond donors (Lipinski definition) is 1. The SMILES string of the molecule is COc1ccc(CNCCC(c2ccccc2)c2ccc(OC(C)C)cc2)cc1. The summed E-state index contributed by atoms with van der Waals surface area (Å²) in [6.07, 6.45) is 1.22. The fourth-order valence-electron chi connectivity index (χ4n) is 3.48. The van der Waals surface area contributed by atoms with Gasteiger partial charge in [-0.15, -0.1) is 0 Å². The molecule has 3 aromatic rings. The lowest BCUT2D eigenvalue weighted by Crippen LogP contribution is -2.18. The maximum Gasteiger partial charge on any atom is 0.119 e. The summed E-state index contributed by atoms with van der Waals surface area (Å²) in [5.41, 5.74) is 3.92. The van der Waals surface area contributed by atoms with Crippen molar-refractivity contribution in [3.63, 3.8) is 0 Å². The third-order valence-electron chi connectivity index (χ3n) is 4.95. The van der Waals surface area contributed by atoms with Crippen LogP contribution >= 0.6 is 0 Å². The van der Waals surface area contributed by atoms with Crippen molar-refractivity contribution in [3.8, 4) is 11.5 Å². The van der Waals surface area contributed by atoms with Crippen LogP contribution in [0.1, 0.15) is 42.9 Å². The molecule has 152 valence electrons. The van der Waals surface area contributed by atoms with Gasteiger partial charge in [0.05, 0.1) is 13.2 Å². The van der Waals surface area contributed by atoms with Gasteiger partial charge in [-0.3, -0.25) is 0 Å².